The van der Waals surface area contributed by atoms with Gasteiger partial charge in [-0.25, -0.2) is 9.97 Å². The molecule has 1 aliphatic rings. The third-order valence-electron chi connectivity index (χ3n) is 3.84. The summed E-state index contributed by atoms with van der Waals surface area (Å²) in [6, 6.07) is 0. The second kappa shape index (κ2) is 8.65. The van der Waals surface area contributed by atoms with E-state index in [4.69, 9.17) is 14.5 Å². The van der Waals surface area contributed by atoms with Gasteiger partial charge in [-0.15, -0.1) is 0 Å². The summed E-state index contributed by atoms with van der Waals surface area (Å²) in [6.07, 6.45) is 9.79. The van der Waals surface area contributed by atoms with Gasteiger partial charge in [-0.2, -0.15) is 0 Å². The Bertz CT molecular complexity index is 632. The van der Waals surface area contributed by atoms with Crippen LogP contribution in [-0.4, -0.2) is 46.3 Å². The molecule has 0 radical (unpaired) electrons. The number of hydrogen-bond donors (Lipinski definition) is 1. The molecule has 0 aliphatic carbocycles. The number of hydrogen-bond acceptors (Lipinski definition) is 7. The zero-order valence-corrected chi connectivity index (χ0v) is 13.9. The standard InChI is InChI=1S/C17H23N5O2/c1-2-23-9-4-6-20-17-21-11-13(14-12-18-7-8-19-14)16(22-17)15-5-3-10-24-15/h7-8,11-12,15H,2-6,9-10H2,1H3,(H,20,21,22). The van der Waals surface area contributed by atoms with E-state index in [2.05, 4.69) is 20.3 Å². The van der Waals surface area contributed by atoms with Crippen molar-refractivity contribution in [1.82, 2.24) is 19.9 Å². The van der Waals surface area contributed by atoms with Gasteiger partial charge in [0, 0.05) is 50.5 Å². The van der Waals surface area contributed by atoms with Gasteiger partial charge in [-0.3, -0.25) is 9.97 Å². The average Bonchev–Trinajstić information content (AvgIpc) is 3.17. The minimum Gasteiger partial charge on any atom is -0.382 e. The van der Waals surface area contributed by atoms with Crippen LogP contribution in [0.1, 0.15) is 38.0 Å². The zero-order chi connectivity index (χ0) is 16.6. The van der Waals surface area contributed by atoms with Crippen molar-refractivity contribution in [2.45, 2.75) is 32.3 Å². The van der Waals surface area contributed by atoms with Gasteiger partial charge < -0.3 is 14.8 Å². The van der Waals surface area contributed by atoms with Crippen molar-refractivity contribution >= 4 is 5.95 Å². The monoisotopic (exact) mass is 329 g/mol. The molecule has 2 aromatic rings. The number of rotatable bonds is 8. The Morgan fingerprint density at radius 1 is 1.29 bits per heavy atom. The minimum atomic E-state index is -0.00557. The molecule has 3 rings (SSSR count). The summed E-state index contributed by atoms with van der Waals surface area (Å²) < 4.78 is 11.2. The van der Waals surface area contributed by atoms with Gasteiger partial charge >= 0.3 is 0 Å². The smallest absolute Gasteiger partial charge is 0.222 e. The van der Waals surface area contributed by atoms with Gasteiger partial charge in [0.2, 0.25) is 5.95 Å². The summed E-state index contributed by atoms with van der Waals surface area (Å²) in [4.78, 5) is 17.6. The fourth-order valence-electron chi connectivity index (χ4n) is 2.67. The average molecular weight is 329 g/mol. The molecule has 128 valence electrons. The van der Waals surface area contributed by atoms with Crippen molar-refractivity contribution in [3.05, 3.63) is 30.5 Å². The first-order valence-corrected chi connectivity index (χ1v) is 8.45. The van der Waals surface area contributed by atoms with Gasteiger partial charge in [0.1, 0.15) is 6.10 Å². The molecule has 3 heterocycles. The highest BCUT2D eigenvalue weighted by atomic mass is 16.5. The highest BCUT2D eigenvalue weighted by molar-refractivity contribution is 5.61. The van der Waals surface area contributed by atoms with Gasteiger partial charge in [0.15, 0.2) is 0 Å². The van der Waals surface area contributed by atoms with Crippen molar-refractivity contribution in [1.29, 1.82) is 0 Å². The van der Waals surface area contributed by atoms with Crippen molar-refractivity contribution in [2.24, 2.45) is 0 Å². The van der Waals surface area contributed by atoms with Crippen LogP contribution in [0.15, 0.2) is 24.8 Å². The molecule has 7 nitrogen and oxygen atoms in total. The van der Waals surface area contributed by atoms with E-state index in [1.54, 1.807) is 24.8 Å². The Hall–Kier alpha value is -2.12. The molecule has 0 spiro atoms. The molecule has 0 bridgehead atoms. The first-order chi connectivity index (χ1) is 11.9. The van der Waals surface area contributed by atoms with Crippen molar-refractivity contribution in [3.8, 4) is 11.3 Å². The normalized spacial score (nSPS) is 17.1. The third-order valence-corrected chi connectivity index (χ3v) is 3.84. The van der Waals surface area contributed by atoms with E-state index in [9.17, 15) is 0 Å². The lowest BCUT2D eigenvalue weighted by molar-refractivity contribution is 0.109. The zero-order valence-electron chi connectivity index (χ0n) is 13.9. The van der Waals surface area contributed by atoms with Crippen LogP contribution in [-0.2, 0) is 9.47 Å². The molecule has 1 N–H and O–H groups in total. The first-order valence-electron chi connectivity index (χ1n) is 8.45. The van der Waals surface area contributed by atoms with E-state index in [-0.39, 0.29) is 6.10 Å². The summed E-state index contributed by atoms with van der Waals surface area (Å²) in [5, 5.41) is 3.25. The fourth-order valence-corrected chi connectivity index (χ4v) is 2.67. The van der Waals surface area contributed by atoms with Gasteiger partial charge in [0.05, 0.1) is 17.6 Å². The highest BCUT2D eigenvalue weighted by Crippen LogP contribution is 2.33. The molecule has 24 heavy (non-hydrogen) atoms. The summed E-state index contributed by atoms with van der Waals surface area (Å²) in [6.45, 7) is 5.02. The predicted octanol–water partition coefficient (Wildman–Crippen LogP) is 2.62. The van der Waals surface area contributed by atoms with Crippen LogP contribution < -0.4 is 5.32 Å². The van der Waals surface area contributed by atoms with Crippen LogP contribution in [0.2, 0.25) is 0 Å². The van der Waals surface area contributed by atoms with E-state index in [0.717, 1.165) is 62.6 Å². The number of anilines is 1. The van der Waals surface area contributed by atoms with E-state index >= 15 is 0 Å². The molecule has 1 aliphatic heterocycles. The lowest BCUT2D eigenvalue weighted by atomic mass is 10.1. The minimum absolute atomic E-state index is 0.00557. The maximum atomic E-state index is 5.83. The molecule has 7 heteroatoms. The molecule has 1 unspecified atom stereocenters. The number of nitrogens with zero attached hydrogens (tertiary/aromatic N) is 4. The van der Waals surface area contributed by atoms with Crippen LogP contribution in [0.4, 0.5) is 5.95 Å². The third kappa shape index (κ3) is 4.24. The molecule has 1 saturated heterocycles. The number of nitrogens with one attached hydrogen (secondary N) is 1. The van der Waals surface area contributed by atoms with Crippen molar-refractivity contribution in [3.63, 3.8) is 0 Å². The molecule has 1 fully saturated rings. The fraction of sp³-hybridized carbons (Fsp3) is 0.529. The Labute approximate surface area is 141 Å². The predicted molar refractivity (Wildman–Crippen MR) is 90.6 cm³/mol. The maximum absolute atomic E-state index is 5.83. The molecule has 0 saturated carbocycles. The van der Waals surface area contributed by atoms with Crippen molar-refractivity contribution < 1.29 is 9.47 Å². The second-order valence-electron chi connectivity index (χ2n) is 5.56. The Morgan fingerprint density at radius 3 is 3.00 bits per heavy atom. The number of aromatic nitrogens is 4. The molecule has 1 atom stereocenters. The van der Waals surface area contributed by atoms with Crippen LogP contribution in [0.25, 0.3) is 11.3 Å². The molecular weight excluding hydrogens is 306 g/mol. The van der Waals surface area contributed by atoms with Gasteiger partial charge in [0.25, 0.3) is 0 Å². The second-order valence-corrected chi connectivity index (χ2v) is 5.56. The van der Waals surface area contributed by atoms with Gasteiger partial charge in [-0.05, 0) is 26.2 Å². The van der Waals surface area contributed by atoms with E-state index in [1.165, 1.54) is 0 Å². The van der Waals surface area contributed by atoms with Crippen LogP contribution >= 0.6 is 0 Å². The van der Waals surface area contributed by atoms with Crippen LogP contribution in [0, 0.1) is 0 Å². The highest BCUT2D eigenvalue weighted by Gasteiger charge is 2.24. The lowest BCUT2D eigenvalue weighted by Crippen LogP contribution is -2.11. The number of ether oxygens (including phenoxy) is 2. The Balaban J connectivity index is 1.77. The van der Waals surface area contributed by atoms with E-state index in [0.29, 0.717) is 5.95 Å². The van der Waals surface area contributed by atoms with E-state index in [1.807, 2.05) is 6.92 Å². The van der Waals surface area contributed by atoms with E-state index < -0.39 is 0 Å². The Morgan fingerprint density at radius 2 is 2.25 bits per heavy atom. The quantitative estimate of drug-likeness (QED) is 0.745. The summed E-state index contributed by atoms with van der Waals surface area (Å²) >= 11 is 0. The van der Waals surface area contributed by atoms with Crippen LogP contribution in [0.5, 0.6) is 0 Å². The van der Waals surface area contributed by atoms with Gasteiger partial charge in [-0.1, -0.05) is 0 Å². The Kier molecular flexibility index (Phi) is 6.03. The summed E-state index contributed by atoms with van der Waals surface area (Å²) in [5.74, 6) is 0.615. The molecule has 0 amide bonds. The lowest BCUT2D eigenvalue weighted by Gasteiger charge is -2.15. The molecule has 2 aromatic heterocycles. The summed E-state index contributed by atoms with van der Waals surface area (Å²) in [5.41, 5.74) is 2.54. The van der Waals surface area contributed by atoms with Crippen LogP contribution in [0.3, 0.4) is 0 Å². The maximum Gasteiger partial charge on any atom is 0.222 e. The molecular formula is C17H23N5O2. The SMILES string of the molecule is CCOCCCNc1ncc(-c2cnccn2)c(C2CCCO2)n1. The summed E-state index contributed by atoms with van der Waals surface area (Å²) in [7, 11) is 0. The van der Waals surface area contributed by atoms with Crippen molar-refractivity contribution in [2.75, 3.05) is 31.7 Å². The largest absolute Gasteiger partial charge is 0.382 e. The first kappa shape index (κ1) is 16.7. The topological polar surface area (TPSA) is 82.0 Å². The molecule has 0 aromatic carbocycles.